The summed E-state index contributed by atoms with van der Waals surface area (Å²) in [5, 5.41) is 9.21. The second kappa shape index (κ2) is 6.62. The van der Waals surface area contributed by atoms with Crippen LogP contribution >= 0.6 is 0 Å². The Labute approximate surface area is 121 Å². The van der Waals surface area contributed by atoms with Gasteiger partial charge in [-0.1, -0.05) is 6.92 Å². The number of carbonyl (C=O) groups is 2. The first-order valence-corrected chi connectivity index (χ1v) is 6.77. The minimum Gasteiger partial charge on any atom is -0.481 e. The van der Waals surface area contributed by atoms with Crippen LogP contribution < -0.4 is 0 Å². The van der Waals surface area contributed by atoms with E-state index in [0.29, 0.717) is 13.0 Å². The minimum atomic E-state index is -0.988. The van der Waals surface area contributed by atoms with Gasteiger partial charge in [0.2, 0.25) is 0 Å². The van der Waals surface area contributed by atoms with Gasteiger partial charge >= 0.3 is 5.97 Å². The SMILES string of the molecule is CCCN(C(=O)c1ccc(F)cn1)C1COCC1C(=O)O. The van der Waals surface area contributed by atoms with E-state index in [4.69, 9.17) is 4.74 Å². The topological polar surface area (TPSA) is 79.7 Å². The molecule has 0 radical (unpaired) electrons. The zero-order valence-corrected chi connectivity index (χ0v) is 11.7. The summed E-state index contributed by atoms with van der Waals surface area (Å²) in [7, 11) is 0. The minimum absolute atomic E-state index is 0.0876. The molecule has 21 heavy (non-hydrogen) atoms. The lowest BCUT2D eigenvalue weighted by molar-refractivity contribution is -0.142. The summed E-state index contributed by atoms with van der Waals surface area (Å²) in [4.78, 5) is 29.0. The van der Waals surface area contributed by atoms with Crippen LogP contribution in [-0.2, 0) is 9.53 Å². The van der Waals surface area contributed by atoms with Crippen LogP contribution in [0.3, 0.4) is 0 Å². The van der Waals surface area contributed by atoms with Gasteiger partial charge in [-0.25, -0.2) is 9.37 Å². The van der Waals surface area contributed by atoms with Gasteiger partial charge in [0.1, 0.15) is 17.4 Å². The van der Waals surface area contributed by atoms with Crippen molar-refractivity contribution in [3.63, 3.8) is 0 Å². The Bertz CT molecular complexity index is 520. The largest absolute Gasteiger partial charge is 0.481 e. The van der Waals surface area contributed by atoms with Gasteiger partial charge in [-0.15, -0.1) is 0 Å². The fourth-order valence-electron chi connectivity index (χ4n) is 2.39. The Morgan fingerprint density at radius 1 is 1.48 bits per heavy atom. The molecule has 1 saturated heterocycles. The number of pyridine rings is 1. The van der Waals surface area contributed by atoms with Gasteiger partial charge in [0.25, 0.3) is 5.91 Å². The second-order valence-electron chi connectivity index (χ2n) is 4.91. The maximum atomic E-state index is 12.9. The molecule has 0 saturated carbocycles. The Hall–Kier alpha value is -2.02. The molecule has 7 heteroatoms. The first-order chi connectivity index (χ1) is 10.0. The number of rotatable bonds is 5. The molecule has 2 rings (SSSR count). The van der Waals surface area contributed by atoms with E-state index < -0.39 is 29.7 Å². The Balaban J connectivity index is 2.23. The van der Waals surface area contributed by atoms with Crippen LogP contribution in [0.4, 0.5) is 4.39 Å². The van der Waals surface area contributed by atoms with Gasteiger partial charge in [0, 0.05) is 6.54 Å². The van der Waals surface area contributed by atoms with Crippen molar-refractivity contribution in [3.05, 3.63) is 29.8 Å². The van der Waals surface area contributed by atoms with Crippen LogP contribution in [0.2, 0.25) is 0 Å². The summed E-state index contributed by atoms with van der Waals surface area (Å²) in [6, 6.07) is 1.93. The fraction of sp³-hybridized carbons (Fsp3) is 0.500. The van der Waals surface area contributed by atoms with Crippen LogP contribution in [0, 0.1) is 11.7 Å². The quantitative estimate of drug-likeness (QED) is 0.882. The number of hydrogen-bond donors (Lipinski definition) is 1. The molecule has 2 unspecified atom stereocenters. The number of halogens is 1. The highest BCUT2D eigenvalue weighted by atomic mass is 19.1. The molecule has 0 bridgehead atoms. The van der Waals surface area contributed by atoms with Gasteiger partial charge in [0.05, 0.1) is 25.5 Å². The summed E-state index contributed by atoms with van der Waals surface area (Å²) in [6.45, 7) is 2.56. The Kier molecular flexibility index (Phi) is 4.85. The summed E-state index contributed by atoms with van der Waals surface area (Å²) in [6.07, 6.45) is 1.65. The summed E-state index contributed by atoms with van der Waals surface area (Å²) in [5.41, 5.74) is 0.0980. The highest BCUT2D eigenvalue weighted by molar-refractivity contribution is 5.93. The molecule has 0 spiro atoms. The number of amides is 1. The molecule has 2 atom stereocenters. The van der Waals surface area contributed by atoms with E-state index in [1.165, 1.54) is 11.0 Å². The molecule has 0 aliphatic carbocycles. The van der Waals surface area contributed by atoms with Gasteiger partial charge in [-0.2, -0.15) is 0 Å². The number of hydrogen-bond acceptors (Lipinski definition) is 4. The molecule has 1 aliphatic heterocycles. The zero-order valence-electron chi connectivity index (χ0n) is 11.7. The van der Waals surface area contributed by atoms with Crippen molar-refractivity contribution in [2.45, 2.75) is 19.4 Å². The molecule has 0 aromatic carbocycles. The summed E-state index contributed by atoms with van der Waals surface area (Å²) >= 11 is 0. The van der Waals surface area contributed by atoms with Crippen molar-refractivity contribution in [3.8, 4) is 0 Å². The van der Waals surface area contributed by atoms with E-state index >= 15 is 0 Å². The Morgan fingerprint density at radius 2 is 2.24 bits per heavy atom. The number of ether oxygens (including phenoxy) is 1. The van der Waals surface area contributed by atoms with E-state index in [1.807, 2.05) is 6.92 Å². The third-order valence-corrected chi connectivity index (χ3v) is 3.44. The third-order valence-electron chi connectivity index (χ3n) is 3.44. The van der Waals surface area contributed by atoms with E-state index in [1.54, 1.807) is 0 Å². The third kappa shape index (κ3) is 3.36. The number of nitrogens with zero attached hydrogens (tertiary/aromatic N) is 2. The lowest BCUT2D eigenvalue weighted by atomic mass is 10.0. The normalized spacial score (nSPS) is 21.2. The predicted octanol–water partition coefficient (Wildman–Crippen LogP) is 1.17. The Morgan fingerprint density at radius 3 is 2.81 bits per heavy atom. The van der Waals surface area contributed by atoms with Crippen LogP contribution in [0.1, 0.15) is 23.8 Å². The van der Waals surface area contributed by atoms with Crippen molar-refractivity contribution < 1.29 is 23.8 Å². The number of carbonyl (C=O) groups excluding carboxylic acids is 1. The lowest BCUT2D eigenvalue weighted by Crippen LogP contribution is -2.47. The molecule has 1 N–H and O–H groups in total. The average Bonchev–Trinajstić information content (AvgIpc) is 2.94. The van der Waals surface area contributed by atoms with Crippen LogP contribution in [-0.4, -0.2) is 52.7 Å². The molecule has 1 aliphatic rings. The summed E-state index contributed by atoms with van der Waals surface area (Å²) in [5.74, 6) is -2.67. The molecular formula is C14H17FN2O4. The maximum Gasteiger partial charge on any atom is 0.311 e. The zero-order chi connectivity index (χ0) is 15.4. The van der Waals surface area contributed by atoms with Crippen molar-refractivity contribution in [1.29, 1.82) is 0 Å². The first kappa shape index (κ1) is 15.4. The van der Waals surface area contributed by atoms with Crippen LogP contribution in [0.5, 0.6) is 0 Å². The van der Waals surface area contributed by atoms with E-state index in [2.05, 4.69) is 4.98 Å². The van der Waals surface area contributed by atoms with Gasteiger partial charge in [-0.05, 0) is 18.6 Å². The molecule has 6 nitrogen and oxygen atoms in total. The number of aliphatic carboxylic acids is 1. The first-order valence-electron chi connectivity index (χ1n) is 6.77. The highest BCUT2D eigenvalue weighted by Crippen LogP contribution is 2.22. The summed E-state index contributed by atoms with van der Waals surface area (Å²) < 4.78 is 18.1. The number of aromatic nitrogens is 1. The smallest absolute Gasteiger partial charge is 0.311 e. The lowest BCUT2D eigenvalue weighted by Gasteiger charge is -2.29. The van der Waals surface area contributed by atoms with Crippen molar-refractivity contribution in [2.24, 2.45) is 5.92 Å². The molecule has 1 fully saturated rings. The van der Waals surface area contributed by atoms with Crippen LogP contribution in [0.25, 0.3) is 0 Å². The van der Waals surface area contributed by atoms with Gasteiger partial charge < -0.3 is 14.7 Å². The molecular weight excluding hydrogens is 279 g/mol. The monoisotopic (exact) mass is 296 g/mol. The number of carboxylic acids is 1. The van der Waals surface area contributed by atoms with Crippen molar-refractivity contribution >= 4 is 11.9 Å². The maximum absolute atomic E-state index is 12.9. The van der Waals surface area contributed by atoms with Gasteiger partial charge in [0.15, 0.2) is 0 Å². The molecule has 1 aromatic rings. The van der Waals surface area contributed by atoms with E-state index in [0.717, 1.165) is 12.3 Å². The number of carboxylic acid groups (broad SMARTS) is 1. The highest BCUT2D eigenvalue weighted by Gasteiger charge is 2.40. The van der Waals surface area contributed by atoms with E-state index in [9.17, 15) is 19.1 Å². The predicted molar refractivity (Wildman–Crippen MR) is 71.3 cm³/mol. The van der Waals surface area contributed by atoms with Crippen molar-refractivity contribution in [2.75, 3.05) is 19.8 Å². The van der Waals surface area contributed by atoms with Gasteiger partial charge in [-0.3, -0.25) is 9.59 Å². The van der Waals surface area contributed by atoms with Crippen molar-refractivity contribution in [1.82, 2.24) is 9.88 Å². The molecule has 1 amide bonds. The molecule has 114 valence electrons. The molecule has 1 aromatic heterocycles. The van der Waals surface area contributed by atoms with E-state index in [-0.39, 0.29) is 18.9 Å². The standard InChI is InChI=1S/C14H17FN2O4/c1-2-5-17(12-8-21-7-10(12)14(19)20)13(18)11-4-3-9(15)6-16-11/h3-4,6,10,12H,2,5,7-8H2,1H3,(H,19,20). The average molecular weight is 296 g/mol. The second-order valence-corrected chi connectivity index (χ2v) is 4.91. The van der Waals surface area contributed by atoms with Crippen LogP contribution in [0.15, 0.2) is 18.3 Å². The molecule has 2 heterocycles. The fourth-order valence-corrected chi connectivity index (χ4v) is 2.39.